The summed E-state index contributed by atoms with van der Waals surface area (Å²) < 4.78 is 6.62. The maximum absolute atomic E-state index is 12.6. The fourth-order valence-corrected chi connectivity index (χ4v) is 4.62. The van der Waals surface area contributed by atoms with E-state index in [2.05, 4.69) is 46.0 Å². The smallest absolute Gasteiger partial charge is 0.222 e. The molecule has 2 aromatic carbocycles. The molecular weight excluding hydrogens is 466 g/mol. The minimum absolute atomic E-state index is 0.194. The molecular formula is C23H25BrClN3O2. The Bertz CT molecular complexity index is 1040. The van der Waals surface area contributed by atoms with Crippen molar-refractivity contribution >= 4 is 44.5 Å². The van der Waals surface area contributed by atoms with Crippen molar-refractivity contribution in [2.75, 3.05) is 19.7 Å². The van der Waals surface area contributed by atoms with E-state index in [1.807, 2.05) is 17.0 Å². The first kappa shape index (κ1) is 21.2. The lowest BCUT2D eigenvalue weighted by Crippen LogP contribution is -2.38. The highest BCUT2D eigenvalue weighted by atomic mass is 79.9. The summed E-state index contributed by atoms with van der Waals surface area (Å²) in [7, 11) is 0. The van der Waals surface area contributed by atoms with Gasteiger partial charge in [0.25, 0.3) is 0 Å². The van der Waals surface area contributed by atoms with E-state index >= 15 is 0 Å². The number of fused-ring (bicyclic) bond motifs is 1. The lowest BCUT2D eigenvalue weighted by molar-refractivity contribution is -0.132. The van der Waals surface area contributed by atoms with Crippen molar-refractivity contribution in [3.63, 3.8) is 0 Å². The van der Waals surface area contributed by atoms with Crippen LogP contribution < -0.4 is 4.74 Å². The predicted molar refractivity (Wildman–Crippen MR) is 123 cm³/mol. The molecule has 0 unspecified atom stereocenters. The lowest BCUT2D eigenvalue weighted by Gasteiger charge is -2.31. The number of imidazole rings is 1. The van der Waals surface area contributed by atoms with Crippen LogP contribution in [0.2, 0.25) is 5.02 Å². The van der Waals surface area contributed by atoms with Crippen LogP contribution in [-0.2, 0) is 4.79 Å². The number of carbonyl (C=O) groups is 1. The van der Waals surface area contributed by atoms with E-state index in [1.54, 1.807) is 6.07 Å². The Morgan fingerprint density at radius 1 is 1.27 bits per heavy atom. The van der Waals surface area contributed by atoms with Gasteiger partial charge in [0.2, 0.25) is 5.91 Å². The van der Waals surface area contributed by atoms with Crippen LogP contribution in [0.4, 0.5) is 0 Å². The van der Waals surface area contributed by atoms with Crippen LogP contribution in [0.15, 0.2) is 40.9 Å². The molecule has 0 spiro atoms. The maximum atomic E-state index is 12.6. The molecule has 0 aliphatic carbocycles. The van der Waals surface area contributed by atoms with Gasteiger partial charge >= 0.3 is 0 Å². The van der Waals surface area contributed by atoms with Gasteiger partial charge in [0.05, 0.1) is 22.7 Å². The van der Waals surface area contributed by atoms with Crippen LogP contribution >= 0.6 is 27.5 Å². The van der Waals surface area contributed by atoms with Gasteiger partial charge in [-0.1, -0.05) is 33.6 Å². The molecule has 1 N–H and O–H groups in total. The highest BCUT2D eigenvalue weighted by Crippen LogP contribution is 2.29. The van der Waals surface area contributed by atoms with Crippen molar-refractivity contribution in [1.82, 2.24) is 14.9 Å². The van der Waals surface area contributed by atoms with E-state index in [0.717, 1.165) is 47.3 Å². The molecule has 7 heteroatoms. The summed E-state index contributed by atoms with van der Waals surface area (Å²) in [6.45, 7) is 4.11. The van der Waals surface area contributed by atoms with E-state index < -0.39 is 0 Å². The van der Waals surface area contributed by atoms with Crippen LogP contribution in [0.5, 0.6) is 5.75 Å². The Morgan fingerprint density at radius 3 is 2.83 bits per heavy atom. The molecule has 1 aliphatic rings. The SMILES string of the molecule is Cc1ccc2nc(C3CCN(C(=O)CCCOc4ccc(Br)cc4Cl)CC3)[nH]c2c1. The summed E-state index contributed by atoms with van der Waals surface area (Å²) in [4.78, 5) is 22.8. The van der Waals surface area contributed by atoms with Crippen molar-refractivity contribution in [2.24, 2.45) is 0 Å². The Balaban J connectivity index is 1.23. The number of aryl methyl sites for hydroxylation is 1. The number of nitrogens with zero attached hydrogens (tertiary/aromatic N) is 2. The first-order chi connectivity index (χ1) is 14.5. The molecule has 1 amide bonds. The number of amides is 1. The third-order valence-electron chi connectivity index (χ3n) is 5.58. The molecule has 0 radical (unpaired) electrons. The highest BCUT2D eigenvalue weighted by molar-refractivity contribution is 9.10. The number of aromatic amines is 1. The molecule has 0 bridgehead atoms. The van der Waals surface area contributed by atoms with E-state index in [9.17, 15) is 4.79 Å². The number of hydrogen-bond donors (Lipinski definition) is 1. The summed E-state index contributed by atoms with van der Waals surface area (Å²) in [6.07, 6.45) is 3.04. The Hall–Kier alpha value is -2.05. The Morgan fingerprint density at radius 2 is 2.07 bits per heavy atom. The van der Waals surface area contributed by atoms with Crippen molar-refractivity contribution in [2.45, 2.75) is 38.5 Å². The second kappa shape index (κ2) is 9.40. The Kier molecular flexibility index (Phi) is 6.64. The molecule has 1 aromatic heterocycles. The van der Waals surface area contributed by atoms with Crippen molar-refractivity contribution in [3.8, 4) is 5.75 Å². The van der Waals surface area contributed by atoms with Crippen LogP contribution in [-0.4, -0.2) is 40.5 Å². The third kappa shape index (κ3) is 4.98. The highest BCUT2D eigenvalue weighted by Gasteiger charge is 2.25. The number of nitrogens with one attached hydrogen (secondary N) is 1. The van der Waals surface area contributed by atoms with Crippen molar-refractivity contribution < 1.29 is 9.53 Å². The average molecular weight is 491 g/mol. The summed E-state index contributed by atoms with van der Waals surface area (Å²) in [5.41, 5.74) is 3.33. The summed E-state index contributed by atoms with van der Waals surface area (Å²) in [5, 5.41) is 0.568. The standard InChI is InChI=1S/C23H25BrClN3O2/c1-15-4-6-19-20(13-15)27-23(26-19)16-8-10-28(11-9-16)22(29)3-2-12-30-21-7-5-17(24)14-18(21)25/h4-7,13-14,16H,2-3,8-12H2,1H3,(H,26,27). The number of aromatic nitrogens is 2. The summed E-state index contributed by atoms with van der Waals surface area (Å²) in [5.74, 6) is 2.26. The number of likely N-dealkylation sites (tertiary alicyclic amines) is 1. The normalized spacial score (nSPS) is 15.0. The number of halogens is 2. The van der Waals surface area contributed by atoms with Crippen LogP contribution in [0, 0.1) is 6.92 Å². The maximum Gasteiger partial charge on any atom is 0.222 e. The monoisotopic (exact) mass is 489 g/mol. The average Bonchev–Trinajstić information content (AvgIpc) is 3.15. The molecule has 0 saturated carbocycles. The van der Waals surface area contributed by atoms with Gasteiger partial charge in [0.15, 0.2) is 0 Å². The number of ether oxygens (including phenoxy) is 1. The van der Waals surface area contributed by atoms with Gasteiger partial charge in [0.1, 0.15) is 11.6 Å². The fourth-order valence-electron chi connectivity index (χ4n) is 3.89. The molecule has 4 rings (SSSR count). The topological polar surface area (TPSA) is 58.2 Å². The van der Waals surface area contributed by atoms with Gasteiger partial charge in [0, 0.05) is 29.9 Å². The van der Waals surface area contributed by atoms with E-state index in [1.165, 1.54) is 5.56 Å². The molecule has 2 heterocycles. The minimum Gasteiger partial charge on any atom is -0.492 e. The van der Waals surface area contributed by atoms with E-state index in [-0.39, 0.29) is 5.91 Å². The van der Waals surface area contributed by atoms with Gasteiger partial charge in [-0.25, -0.2) is 4.98 Å². The van der Waals surface area contributed by atoms with Crippen LogP contribution in [0.1, 0.15) is 43.0 Å². The zero-order valence-corrected chi connectivity index (χ0v) is 19.3. The first-order valence-corrected chi connectivity index (χ1v) is 11.5. The van der Waals surface area contributed by atoms with Gasteiger partial charge in [-0.15, -0.1) is 0 Å². The molecule has 1 aliphatic heterocycles. The van der Waals surface area contributed by atoms with Crippen LogP contribution in [0.3, 0.4) is 0 Å². The molecule has 1 saturated heterocycles. The van der Waals surface area contributed by atoms with Gasteiger partial charge < -0.3 is 14.6 Å². The van der Waals surface area contributed by atoms with Crippen molar-refractivity contribution in [3.05, 3.63) is 57.3 Å². The summed E-state index contributed by atoms with van der Waals surface area (Å²) in [6, 6.07) is 11.8. The van der Waals surface area contributed by atoms with E-state index in [0.29, 0.717) is 36.1 Å². The number of benzene rings is 2. The zero-order chi connectivity index (χ0) is 21.1. The van der Waals surface area contributed by atoms with Crippen LogP contribution in [0.25, 0.3) is 11.0 Å². The molecule has 158 valence electrons. The summed E-state index contributed by atoms with van der Waals surface area (Å²) >= 11 is 9.53. The molecule has 30 heavy (non-hydrogen) atoms. The second-order valence-electron chi connectivity index (χ2n) is 7.82. The number of piperidine rings is 1. The van der Waals surface area contributed by atoms with E-state index in [4.69, 9.17) is 21.3 Å². The number of rotatable bonds is 6. The largest absolute Gasteiger partial charge is 0.492 e. The second-order valence-corrected chi connectivity index (χ2v) is 9.15. The first-order valence-electron chi connectivity index (χ1n) is 10.3. The fraction of sp³-hybridized carbons (Fsp3) is 0.391. The third-order valence-corrected chi connectivity index (χ3v) is 6.37. The molecule has 1 fully saturated rings. The van der Waals surface area contributed by atoms with Gasteiger partial charge in [-0.3, -0.25) is 4.79 Å². The number of hydrogen-bond acceptors (Lipinski definition) is 3. The molecule has 0 atom stereocenters. The quantitative estimate of drug-likeness (QED) is 0.441. The molecule has 3 aromatic rings. The number of H-pyrrole nitrogens is 1. The Labute approximate surface area is 189 Å². The lowest BCUT2D eigenvalue weighted by atomic mass is 9.96. The number of carbonyl (C=O) groups excluding carboxylic acids is 1. The van der Waals surface area contributed by atoms with Gasteiger partial charge in [-0.2, -0.15) is 0 Å². The predicted octanol–water partition coefficient (Wildman–Crippen LogP) is 5.85. The molecule has 5 nitrogen and oxygen atoms in total. The zero-order valence-electron chi connectivity index (χ0n) is 17.0. The van der Waals surface area contributed by atoms with Crippen molar-refractivity contribution in [1.29, 1.82) is 0 Å². The minimum atomic E-state index is 0.194. The van der Waals surface area contributed by atoms with Gasteiger partial charge in [-0.05, 0) is 62.1 Å².